The Labute approximate surface area is 156 Å². The molecule has 1 N–H and O–H groups in total. The number of hydrogen-bond acceptors (Lipinski definition) is 5. The summed E-state index contributed by atoms with van der Waals surface area (Å²) in [7, 11) is 0. The topological polar surface area (TPSA) is 79.2 Å². The first-order chi connectivity index (χ1) is 12.1. The fourth-order valence-electron chi connectivity index (χ4n) is 2.21. The molecule has 5 nitrogen and oxygen atoms in total. The van der Waals surface area contributed by atoms with Crippen LogP contribution in [0, 0.1) is 11.3 Å². The Hall–Kier alpha value is -2.56. The van der Waals surface area contributed by atoms with Crippen molar-refractivity contribution in [1.82, 2.24) is 5.32 Å². The van der Waals surface area contributed by atoms with Crippen molar-refractivity contribution in [3.05, 3.63) is 68.5 Å². The molecule has 2 aromatic rings. The summed E-state index contributed by atoms with van der Waals surface area (Å²) in [6.45, 7) is 0.273. The fourth-order valence-corrected chi connectivity index (χ4v) is 3.40. The Morgan fingerprint density at radius 3 is 2.72 bits per heavy atom. The minimum absolute atomic E-state index is 0.273. The lowest BCUT2D eigenvalue weighted by Gasteiger charge is -2.10. The normalized spacial score (nSPS) is 15.1. The lowest BCUT2D eigenvalue weighted by atomic mass is 10.1. The highest BCUT2D eigenvalue weighted by atomic mass is 79.9. The van der Waals surface area contributed by atoms with E-state index in [9.17, 15) is 9.59 Å². The predicted molar refractivity (Wildman–Crippen MR) is 98.7 cm³/mol. The Bertz CT molecular complexity index is 934. The summed E-state index contributed by atoms with van der Waals surface area (Å²) in [5.41, 5.74) is 2.15. The van der Waals surface area contributed by atoms with E-state index in [2.05, 4.69) is 27.3 Å². The van der Waals surface area contributed by atoms with Crippen LogP contribution in [0.25, 0.3) is 6.08 Å². The average Bonchev–Trinajstić information content (AvgIpc) is 2.91. The second-order valence-corrected chi connectivity index (χ2v) is 6.97. The number of imide groups is 1. The molecule has 7 heteroatoms. The van der Waals surface area contributed by atoms with E-state index in [0.29, 0.717) is 20.7 Å². The molecule has 2 aromatic carbocycles. The second kappa shape index (κ2) is 7.55. The summed E-state index contributed by atoms with van der Waals surface area (Å²) in [6.07, 6.45) is 1.64. The highest BCUT2D eigenvalue weighted by molar-refractivity contribution is 9.10. The van der Waals surface area contributed by atoms with E-state index in [4.69, 9.17) is 10.00 Å². The molecule has 1 heterocycles. The number of thioether (sulfide) groups is 1. The minimum Gasteiger partial charge on any atom is -0.488 e. The highest BCUT2D eigenvalue weighted by Crippen LogP contribution is 2.30. The molecule has 1 aliphatic rings. The maximum absolute atomic E-state index is 11.6. The fraction of sp³-hybridized carbons (Fsp3) is 0.0556. The number of hydrogen-bond donors (Lipinski definition) is 1. The molecule has 0 spiro atoms. The van der Waals surface area contributed by atoms with Crippen molar-refractivity contribution >= 4 is 44.9 Å². The zero-order valence-corrected chi connectivity index (χ0v) is 15.2. The molecule has 25 heavy (non-hydrogen) atoms. The quantitative estimate of drug-likeness (QED) is 0.757. The summed E-state index contributed by atoms with van der Waals surface area (Å²) in [6, 6.07) is 14.8. The van der Waals surface area contributed by atoms with Crippen LogP contribution in [-0.2, 0) is 11.4 Å². The standard InChI is InChI=1S/C18H11BrN2O3S/c19-14-7-11(8-16-17(22)21-18(23)25-16)5-6-15(14)24-10-13-4-2-1-3-12(13)9-20/h1-8H,10H2,(H,21,22,23)/b16-8+. The summed E-state index contributed by atoms with van der Waals surface area (Å²) < 4.78 is 6.49. The molecule has 1 fully saturated rings. The van der Waals surface area contributed by atoms with Crippen LogP contribution in [0.4, 0.5) is 4.79 Å². The minimum atomic E-state index is -0.389. The molecular weight excluding hydrogens is 404 g/mol. The van der Waals surface area contributed by atoms with Gasteiger partial charge in [0.1, 0.15) is 12.4 Å². The van der Waals surface area contributed by atoms with Gasteiger partial charge in [0.05, 0.1) is 21.0 Å². The Morgan fingerprint density at radius 1 is 1.24 bits per heavy atom. The predicted octanol–water partition coefficient (Wildman–Crippen LogP) is 4.22. The lowest BCUT2D eigenvalue weighted by Crippen LogP contribution is -2.17. The van der Waals surface area contributed by atoms with Crippen molar-refractivity contribution < 1.29 is 14.3 Å². The third-order valence-electron chi connectivity index (χ3n) is 3.42. The van der Waals surface area contributed by atoms with E-state index in [-0.39, 0.29) is 17.8 Å². The molecular formula is C18H11BrN2O3S. The van der Waals surface area contributed by atoms with Gasteiger partial charge in [0.15, 0.2) is 0 Å². The van der Waals surface area contributed by atoms with Gasteiger partial charge in [0, 0.05) is 5.56 Å². The van der Waals surface area contributed by atoms with Crippen LogP contribution in [0.1, 0.15) is 16.7 Å². The molecule has 0 aromatic heterocycles. The van der Waals surface area contributed by atoms with E-state index in [0.717, 1.165) is 22.9 Å². The Kier molecular flexibility index (Phi) is 5.22. The van der Waals surface area contributed by atoms with E-state index < -0.39 is 0 Å². The smallest absolute Gasteiger partial charge is 0.290 e. The SMILES string of the molecule is N#Cc1ccccc1COc1ccc(/C=C2/SC(=O)NC2=O)cc1Br. The molecule has 124 valence electrons. The van der Waals surface area contributed by atoms with E-state index in [1.807, 2.05) is 18.2 Å². The summed E-state index contributed by atoms with van der Waals surface area (Å²) in [5.74, 6) is 0.231. The number of halogens is 1. The van der Waals surface area contributed by atoms with Crippen molar-refractivity contribution in [2.45, 2.75) is 6.61 Å². The molecule has 0 atom stereocenters. The molecule has 0 radical (unpaired) electrons. The van der Waals surface area contributed by atoms with Gasteiger partial charge in [-0.3, -0.25) is 14.9 Å². The monoisotopic (exact) mass is 414 g/mol. The number of rotatable bonds is 4. The molecule has 2 amide bonds. The zero-order valence-electron chi connectivity index (χ0n) is 12.8. The molecule has 1 aliphatic heterocycles. The largest absolute Gasteiger partial charge is 0.488 e. The van der Waals surface area contributed by atoms with Crippen molar-refractivity contribution in [1.29, 1.82) is 5.26 Å². The molecule has 0 unspecified atom stereocenters. The van der Waals surface area contributed by atoms with Crippen LogP contribution in [0.15, 0.2) is 51.8 Å². The molecule has 0 aliphatic carbocycles. The second-order valence-electron chi connectivity index (χ2n) is 5.10. The number of nitrogens with one attached hydrogen (secondary N) is 1. The number of nitrogens with zero attached hydrogens (tertiary/aromatic N) is 1. The van der Waals surface area contributed by atoms with Crippen LogP contribution in [-0.4, -0.2) is 11.1 Å². The third-order valence-corrected chi connectivity index (χ3v) is 4.85. The number of ether oxygens (including phenoxy) is 1. The first-order valence-corrected chi connectivity index (χ1v) is 8.83. The Morgan fingerprint density at radius 2 is 2.04 bits per heavy atom. The number of carbonyl (C=O) groups is 2. The third kappa shape index (κ3) is 4.10. The van der Waals surface area contributed by atoms with Crippen molar-refractivity contribution in [3.8, 4) is 11.8 Å². The van der Waals surface area contributed by atoms with E-state index in [1.54, 1.807) is 30.3 Å². The maximum Gasteiger partial charge on any atom is 0.290 e. The Balaban J connectivity index is 1.74. The van der Waals surface area contributed by atoms with E-state index in [1.165, 1.54) is 0 Å². The zero-order chi connectivity index (χ0) is 17.8. The average molecular weight is 415 g/mol. The summed E-state index contributed by atoms with van der Waals surface area (Å²) >= 11 is 4.31. The van der Waals surface area contributed by atoms with Gasteiger partial charge in [-0.05, 0) is 57.5 Å². The van der Waals surface area contributed by atoms with Crippen LogP contribution < -0.4 is 10.1 Å². The van der Waals surface area contributed by atoms with Gasteiger partial charge in [-0.2, -0.15) is 5.26 Å². The van der Waals surface area contributed by atoms with Crippen molar-refractivity contribution in [3.63, 3.8) is 0 Å². The number of amides is 2. The van der Waals surface area contributed by atoms with Gasteiger partial charge < -0.3 is 4.74 Å². The van der Waals surface area contributed by atoms with Gasteiger partial charge in [0.25, 0.3) is 11.1 Å². The first-order valence-electron chi connectivity index (χ1n) is 7.22. The highest BCUT2D eigenvalue weighted by Gasteiger charge is 2.24. The molecule has 0 bridgehead atoms. The van der Waals surface area contributed by atoms with Crippen LogP contribution in [0.3, 0.4) is 0 Å². The van der Waals surface area contributed by atoms with Crippen LogP contribution >= 0.6 is 27.7 Å². The van der Waals surface area contributed by atoms with Gasteiger partial charge in [0.2, 0.25) is 0 Å². The van der Waals surface area contributed by atoms with E-state index >= 15 is 0 Å². The van der Waals surface area contributed by atoms with Gasteiger partial charge in [-0.25, -0.2) is 0 Å². The number of nitriles is 1. The summed E-state index contributed by atoms with van der Waals surface area (Å²) in [4.78, 5) is 23.1. The van der Waals surface area contributed by atoms with Gasteiger partial charge >= 0.3 is 0 Å². The molecule has 1 saturated heterocycles. The lowest BCUT2D eigenvalue weighted by molar-refractivity contribution is -0.115. The summed E-state index contributed by atoms with van der Waals surface area (Å²) in [5, 5.41) is 10.9. The first kappa shape index (κ1) is 17.3. The van der Waals surface area contributed by atoms with Crippen LogP contribution in [0.5, 0.6) is 5.75 Å². The van der Waals surface area contributed by atoms with Gasteiger partial charge in [-0.1, -0.05) is 24.3 Å². The molecule has 0 saturated carbocycles. The van der Waals surface area contributed by atoms with Crippen LogP contribution in [0.2, 0.25) is 0 Å². The molecule has 3 rings (SSSR count). The van der Waals surface area contributed by atoms with Gasteiger partial charge in [-0.15, -0.1) is 0 Å². The van der Waals surface area contributed by atoms with Crippen molar-refractivity contribution in [2.75, 3.05) is 0 Å². The van der Waals surface area contributed by atoms with Crippen molar-refractivity contribution in [2.24, 2.45) is 0 Å². The number of carbonyl (C=O) groups excluding carboxylic acids is 2. The number of benzene rings is 2. The maximum atomic E-state index is 11.6.